The Morgan fingerprint density at radius 2 is 1.81 bits per heavy atom. The third kappa shape index (κ3) is 6.07. The Hall–Kier alpha value is -3.36. The van der Waals surface area contributed by atoms with Crippen molar-refractivity contribution in [3.05, 3.63) is 59.9 Å². The van der Waals surface area contributed by atoms with Gasteiger partial charge in [-0.05, 0) is 44.5 Å². The molecule has 164 valence electrons. The SMILES string of the molecule is CC[C@H](C)Nc1nc(Nc2cccc(F)c2C)cc(-c2cccc(OC(F)(F)F)c2)n1. The zero-order valence-electron chi connectivity index (χ0n) is 17.2. The van der Waals surface area contributed by atoms with E-state index in [1.807, 2.05) is 13.8 Å². The number of nitrogens with zero attached hydrogens (tertiary/aromatic N) is 2. The summed E-state index contributed by atoms with van der Waals surface area (Å²) in [5, 5.41) is 6.22. The number of hydrogen-bond donors (Lipinski definition) is 2. The number of anilines is 3. The van der Waals surface area contributed by atoms with Crippen LogP contribution in [0.5, 0.6) is 5.75 Å². The summed E-state index contributed by atoms with van der Waals surface area (Å²) in [4.78, 5) is 8.87. The molecule has 31 heavy (non-hydrogen) atoms. The molecule has 1 atom stereocenters. The van der Waals surface area contributed by atoms with Gasteiger partial charge in [0.2, 0.25) is 5.95 Å². The molecule has 1 heterocycles. The molecule has 3 rings (SSSR count). The maximum absolute atomic E-state index is 13.9. The maximum Gasteiger partial charge on any atom is 0.573 e. The van der Waals surface area contributed by atoms with Crippen molar-refractivity contribution in [3.63, 3.8) is 0 Å². The van der Waals surface area contributed by atoms with Crippen molar-refractivity contribution < 1.29 is 22.3 Å². The minimum Gasteiger partial charge on any atom is -0.406 e. The van der Waals surface area contributed by atoms with Gasteiger partial charge in [0.25, 0.3) is 0 Å². The topological polar surface area (TPSA) is 59.1 Å². The van der Waals surface area contributed by atoms with E-state index in [-0.39, 0.29) is 17.6 Å². The van der Waals surface area contributed by atoms with Gasteiger partial charge in [-0.15, -0.1) is 13.2 Å². The Morgan fingerprint density at radius 1 is 1.06 bits per heavy atom. The van der Waals surface area contributed by atoms with Crippen LogP contribution in [0.25, 0.3) is 11.3 Å². The van der Waals surface area contributed by atoms with Crippen LogP contribution in [0.2, 0.25) is 0 Å². The second-order valence-electron chi connectivity index (χ2n) is 7.03. The number of ether oxygens (including phenoxy) is 1. The molecule has 9 heteroatoms. The second kappa shape index (κ2) is 9.20. The van der Waals surface area contributed by atoms with Crippen LogP contribution < -0.4 is 15.4 Å². The molecule has 0 unspecified atom stereocenters. The van der Waals surface area contributed by atoms with Gasteiger partial charge in [0.15, 0.2) is 0 Å². The Kier molecular flexibility index (Phi) is 6.62. The highest BCUT2D eigenvalue weighted by atomic mass is 19.4. The largest absolute Gasteiger partial charge is 0.573 e. The van der Waals surface area contributed by atoms with E-state index in [2.05, 4.69) is 25.3 Å². The lowest BCUT2D eigenvalue weighted by Gasteiger charge is -2.16. The van der Waals surface area contributed by atoms with Gasteiger partial charge in [-0.3, -0.25) is 0 Å². The fraction of sp³-hybridized carbons (Fsp3) is 0.273. The lowest BCUT2D eigenvalue weighted by atomic mass is 10.1. The monoisotopic (exact) mass is 434 g/mol. The zero-order chi connectivity index (χ0) is 22.6. The second-order valence-corrected chi connectivity index (χ2v) is 7.03. The average molecular weight is 434 g/mol. The van der Waals surface area contributed by atoms with Crippen molar-refractivity contribution in [1.82, 2.24) is 9.97 Å². The minimum absolute atomic E-state index is 0.0684. The van der Waals surface area contributed by atoms with Gasteiger partial charge < -0.3 is 15.4 Å². The molecule has 1 aromatic heterocycles. The first-order valence-corrected chi connectivity index (χ1v) is 9.68. The lowest BCUT2D eigenvalue weighted by molar-refractivity contribution is -0.274. The number of aromatic nitrogens is 2. The van der Waals surface area contributed by atoms with Gasteiger partial charge in [-0.1, -0.05) is 25.1 Å². The summed E-state index contributed by atoms with van der Waals surface area (Å²) in [6, 6.07) is 11.8. The molecule has 0 aliphatic heterocycles. The molecule has 0 spiro atoms. The molecular formula is C22H22F4N4O. The van der Waals surface area contributed by atoms with Crippen LogP contribution in [0.3, 0.4) is 0 Å². The third-order valence-electron chi connectivity index (χ3n) is 4.61. The first-order chi connectivity index (χ1) is 14.6. The number of nitrogens with one attached hydrogen (secondary N) is 2. The number of halogens is 4. The van der Waals surface area contributed by atoms with E-state index >= 15 is 0 Å². The summed E-state index contributed by atoms with van der Waals surface area (Å²) in [7, 11) is 0. The van der Waals surface area contributed by atoms with Gasteiger partial charge in [-0.25, -0.2) is 9.37 Å². The van der Waals surface area contributed by atoms with Crippen LogP contribution >= 0.6 is 0 Å². The molecular weight excluding hydrogens is 412 g/mol. The van der Waals surface area contributed by atoms with E-state index < -0.39 is 6.36 Å². The number of rotatable bonds is 7. The van der Waals surface area contributed by atoms with Crippen LogP contribution in [0.4, 0.5) is 35.0 Å². The summed E-state index contributed by atoms with van der Waals surface area (Å²) in [5.41, 5.74) is 1.73. The Balaban J connectivity index is 2.01. The Labute approximate surface area is 177 Å². The minimum atomic E-state index is -4.80. The number of alkyl halides is 3. The molecule has 0 saturated carbocycles. The van der Waals surface area contributed by atoms with E-state index in [1.54, 1.807) is 31.2 Å². The van der Waals surface area contributed by atoms with Crippen molar-refractivity contribution in [2.75, 3.05) is 10.6 Å². The predicted molar refractivity (Wildman–Crippen MR) is 112 cm³/mol. The number of hydrogen-bond acceptors (Lipinski definition) is 5. The Morgan fingerprint density at radius 3 is 2.52 bits per heavy atom. The van der Waals surface area contributed by atoms with E-state index in [0.717, 1.165) is 6.42 Å². The average Bonchev–Trinajstić information content (AvgIpc) is 2.70. The van der Waals surface area contributed by atoms with Crippen LogP contribution in [0.1, 0.15) is 25.8 Å². The lowest BCUT2D eigenvalue weighted by Crippen LogP contribution is -2.17. The summed E-state index contributed by atoms with van der Waals surface area (Å²) in [6.07, 6.45) is -3.98. The van der Waals surface area contributed by atoms with Crippen LogP contribution in [0, 0.1) is 12.7 Å². The smallest absolute Gasteiger partial charge is 0.406 e. The normalized spacial score (nSPS) is 12.4. The summed E-state index contributed by atoms with van der Waals surface area (Å²) in [6.45, 7) is 5.59. The maximum atomic E-state index is 13.9. The first kappa shape index (κ1) is 22.3. The molecule has 2 N–H and O–H groups in total. The molecule has 3 aromatic rings. The van der Waals surface area contributed by atoms with Crippen LogP contribution in [-0.4, -0.2) is 22.4 Å². The first-order valence-electron chi connectivity index (χ1n) is 9.68. The summed E-state index contributed by atoms with van der Waals surface area (Å²) >= 11 is 0. The van der Waals surface area contributed by atoms with E-state index in [9.17, 15) is 17.6 Å². The predicted octanol–water partition coefficient (Wildman–Crippen LogP) is 6.44. The van der Waals surface area contributed by atoms with E-state index in [4.69, 9.17) is 0 Å². The van der Waals surface area contributed by atoms with E-state index in [1.165, 1.54) is 24.3 Å². The molecule has 0 radical (unpaired) electrons. The molecule has 0 bridgehead atoms. The van der Waals surface area contributed by atoms with Gasteiger partial charge in [0.05, 0.1) is 5.69 Å². The van der Waals surface area contributed by atoms with Gasteiger partial charge in [0.1, 0.15) is 17.4 Å². The molecule has 2 aromatic carbocycles. The van der Waals surface area contributed by atoms with Crippen molar-refractivity contribution in [2.24, 2.45) is 0 Å². The molecule has 0 amide bonds. The quantitative estimate of drug-likeness (QED) is 0.419. The van der Waals surface area contributed by atoms with Gasteiger partial charge in [-0.2, -0.15) is 4.98 Å². The highest BCUT2D eigenvalue weighted by Gasteiger charge is 2.31. The highest BCUT2D eigenvalue weighted by molar-refractivity contribution is 5.69. The van der Waals surface area contributed by atoms with E-state index in [0.29, 0.717) is 34.3 Å². The highest BCUT2D eigenvalue weighted by Crippen LogP contribution is 2.30. The molecule has 0 saturated heterocycles. The van der Waals surface area contributed by atoms with Crippen molar-refractivity contribution in [2.45, 2.75) is 39.6 Å². The summed E-state index contributed by atoms with van der Waals surface area (Å²) in [5.74, 6) is -0.0537. The molecule has 0 aliphatic rings. The van der Waals surface area contributed by atoms with Crippen molar-refractivity contribution in [3.8, 4) is 17.0 Å². The van der Waals surface area contributed by atoms with Crippen LogP contribution in [0.15, 0.2) is 48.5 Å². The zero-order valence-corrected chi connectivity index (χ0v) is 17.2. The fourth-order valence-electron chi connectivity index (χ4n) is 2.78. The van der Waals surface area contributed by atoms with Crippen molar-refractivity contribution in [1.29, 1.82) is 0 Å². The number of benzene rings is 2. The fourth-order valence-corrected chi connectivity index (χ4v) is 2.78. The van der Waals surface area contributed by atoms with Gasteiger partial charge >= 0.3 is 6.36 Å². The summed E-state index contributed by atoms with van der Waals surface area (Å²) < 4.78 is 55.7. The third-order valence-corrected chi connectivity index (χ3v) is 4.61. The molecule has 0 fully saturated rings. The standard InChI is InChI=1S/C22H22F4N4O/c1-4-13(2)27-21-29-19(15-7-5-8-16(11-15)31-22(24,25)26)12-20(30-21)28-18-10-6-9-17(23)14(18)3/h5-13H,4H2,1-3H3,(H2,27,28,29,30)/t13-/m0/s1. The van der Waals surface area contributed by atoms with Crippen LogP contribution in [-0.2, 0) is 0 Å². The van der Waals surface area contributed by atoms with Gasteiger partial charge in [0, 0.05) is 28.9 Å². The van der Waals surface area contributed by atoms with Crippen molar-refractivity contribution >= 4 is 17.5 Å². The molecule has 0 aliphatic carbocycles. The molecule has 5 nitrogen and oxygen atoms in total. The Bertz CT molecular complexity index is 1060.